The molecule has 0 bridgehead atoms. The Kier molecular flexibility index (Phi) is 279. The third-order valence-electron chi connectivity index (χ3n) is 0. The van der Waals surface area contributed by atoms with Crippen LogP contribution in [0.1, 0.15) is 0 Å². The minimum Gasteiger partial charge on any atom is -0.412 e. The van der Waals surface area contributed by atoms with Crippen molar-refractivity contribution in [1.82, 2.24) is 0 Å². The first-order valence-electron chi connectivity index (χ1n) is 0.169. The molecule has 0 aliphatic heterocycles. The second-order valence-electron chi connectivity index (χ2n) is 0. The van der Waals surface area contributed by atoms with E-state index in [0.717, 1.165) is 0 Å². The molecule has 0 aliphatic rings. The van der Waals surface area contributed by atoms with E-state index in [2.05, 4.69) is 11.9 Å². The molecule has 4 heteroatoms. The fraction of sp³-hybridized carbons (Fsp3) is 0. The Labute approximate surface area is 40.0 Å². The molecule has 2 nitrogen and oxygen atoms in total. The van der Waals surface area contributed by atoms with Gasteiger partial charge in [-0.1, -0.05) is 0 Å². The molecule has 0 rings (SSSR count). The van der Waals surface area contributed by atoms with Crippen molar-refractivity contribution in [3.8, 4) is 0 Å². The van der Waals surface area contributed by atoms with Crippen molar-refractivity contribution in [2.75, 3.05) is 0 Å². The maximum absolute atomic E-state index is 6.47. The van der Waals surface area contributed by atoms with Crippen LogP contribution in [0.15, 0.2) is 0 Å². The van der Waals surface area contributed by atoms with Crippen molar-refractivity contribution in [2.24, 2.45) is 0 Å². The first-order valence-corrected chi connectivity index (χ1v) is 0.507. The zero-order chi connectivity index (χ0) is 2.00. The van der Waals surface area contributed by atoms with Crippen LogP contribution in [0.5, 0.6) is 0 Å². The Hall–Kier alpha value is 0.742. The molecule has 4 heavy (non-hydrogen) atoms. The van der Waals surface area contributed by atoms with E-state index >= 15 is 0 Å². The van der Waals surface area contributed by atoms with Crippen molar-refractivity contribution >= 4 is 29.2 Å². The van der Waals surface area contributed by atoms with Gasteiger partial charge in [-0.3, -0.25) is 4.66 Å². The smallest absolute Gasteiger partial charge is 0.146 e. The quantitative estimate of drug-likeness (QED) is 0.365. The molecule has 0 aromatic rings. The van der Waals surface area contributed by atoms with Gasteiger partial charge in [0, 0.05) is 0 Å². The van der Waals surface area contributed by atoms with Crippen molar-refractivity contribution < 1.29 is 10.1 Å². The molecule has 27 valence electrons. The van der Waals surface area contributed by atoms with Crippen LogP contribution in [0.2, 0.25) is 0 Å². The summed E-state index contributed by atoms with van der Waals surface area (Å²) in [6.07, 6.45) is 0. The molecule has 0 saturated carbocycles. The van der Waals surface area contributed by atoms with Gasteiger partial charge >= 0.3 is 0 Å². The van der Waals surface area contributed by atoms with Gasteiger partial charge in [0.1, 0.15) is 17.4 Å². The summed E-state index contributed by atoms with van der Waals surface area (Å²) in [5.74, 6) is 0. The van der Waals surface area contributed by atoms with E-state index in [1.54, 1.807) is 0 Å². The van der Waals surface area contributed by atoms with E-state index in [4.69, 9.17) is 4.66 Å². The Morgan fingerprint density at radius 1 is 1.25 bits per heavy atom. The summed E-state index contributed by atoms with van der Waals surface area (Å²) in [7, 11) is 0. The fourth-order valence-corrected chi connectivity index (χ4v) is 0. The van der Waals surface area contributed by atoms with Gasteiger partial charge in [0.2, 0.25) is 0 Å². The highest BCUT2D eigenvalue weighted by Crippen LogP contribution is 1.31. The lowest BCUT2D eigenvalue weighted by atomic mass is 15.9. The molecule has 0 saturated heterocycles. The van der Waals surface area contributed by atoms with Gasteiger partial charge in [0.25, 0.3) is 0 Å². The van der Waals surface area contributed by atoms with Gasteiger partial charge < -0.3 is 5.48 Å². The van der Waals surface area contributed by atoms with Gasteiger partial charge in [-0.25, -0.2) is 0 Å². The van der Waals surface area contributed by atoms with E-state index in [-0.39, 0.29) is 22.8 Å². The summed E-state index contributed by atoms with van der Waals surface area (Å²) >= 11 is 3.64. The van der Waals surface area contributed by atoms with Crippen molar-refractivity contribution in [1.29, 1.82) is 0 Å². The molecule has 0 atom stereocenters. The van der Waals surface area contributed by atoms with E-state index in [0.29, 0.717) is 0 Å². The molecule has 0 spiro atoms. The largest absolute Gasteiger partial charge is 0.412 e. The minimum absolute atomic E-state index is 0. The van der Waals surface area contributed by atoms with E-state index in [9.17, 15) is 0 Å². The molecule has 0 unspecified atom stereocenters. The first-order chi connectivity index (χ1) is 1.00. The van der Waals surface area contributed by atoms with Gasteiger partial charge in [0.05, 0.1) is 11.9 Å². The van der Waals surface area contributed by atoms with Crippen LogP contribution in [-0.4, -0.2) is 27.5 Å². The number of rotatable bonds is 0. The summed E-state index contributed by atoms with van der Waals surface area (Å²) in [5, 5.41) is 0. The molecule has 0 aromatic carbocycles. The average molecular weight is 99.5 g/mol. The number of hydrogen-bond donors (Lipinski definition) is 1. The van der Waals surface area contributed by atoms with Crippen molar-refractivity contribution in [3.63, 3.8) is 0 Å². The lowest BCUT2D eigenvalue weighted by Crippen LogP contribution is -0.913. The summed E-state index contributed by atoms with van der Waals surface area (Å²) in [6.45, 7) is 0. The van der Waals surface area contributed by atoms with Crippen LogP contribution in [0, 0.1) is 0 Å². The van der Waals surface area contributed by atoms with Gasteiger partial charge in [-0.15, -0.1) is 0 Å². The Balaban J connectivity index is -0.00000000500. The Morgan fingerprint density at radius 3 is 1.25 bits per heavy atom. The van der Waals surface area contributed by atoms with E-state index in [1.807, 2.05) is 0 Å². The third kappa shape index (κ3) is 15.1. The van der Waals surface area contributed by atoms with Gasteiger partial charge in [-0.05, 0) is 0 Å². The standard InChI is InChI=1S/Al.ClHO.H2O.2H/c;1-2;;;/h;2H;1H2;;. The molecule has 0 heterocycles. The van der Waals surface area contributed by atoms with Gasteiger partial charge in [0.15, 0.2) is 0 Å². The number of halogens is 1. The third-order valence-corrected chi connectivity index (χ3v) is 0. The normalized spacial score (nSPS) is 1.50. The van der Waals surface area contributed by atoms with Crippen LogP contribution >= 0.6 is 11.9 Å². The predicted molar refractivity (Wildman–Crippen MR) is 20.2 cm³/mol. The first kappa shape index (κ1) is 21.9. The summed E-state index contributed by atoms with van der Waals surface area (Å²) in [4.78, 5) is 0. The Bertz CT molecular complexity index is 6.00. The molecule has 3 N–H and O–H groups in total. The molecule has 0 amide bonds. The van der Waals surface area contributed by atoms with Crippen LogP contribution in [-0.2, 0) is 0 Å². The van der Waals surface area contributed by atoms with Crippen molar-refractivity contribution in [3.05, 3.63) is 0 Å². The molecule has 0 aromatic heterocycles. The summed E-state index contributed by atoms with van der Waals surface area (Å²) in [5.41, 5.74) is 0. The van der Waals surface area contributed by atoms with Crippen molar-refractivity contribution in [2.45, 2.75) is 0 Å². The molecule has 1 radical (unpaired) electrons. The lowest BCUT2D eigenvalue weighted by molar-refractivity contribution is 0.632. The zero-order valence-electron chi connectivity index (χ0n) is 2.33. The predicted octanol–water partition coefficient (Wildman–Crippen LogP) is -1.61. The molecular formula is H5AlClO2. The highest BCUT2D eigenvalue weighted by molar-refractivity contribution is 6.04. The zero-order valence-corrected chi connectivity index (χ0v) is 5.08. The second-order valence-corrected chi connectivity index (χ2v) is 0. The minimum atomic E-state index is 0. The topological polar surface area (TPSA) is 51.7 Å². The maximum Gasteiger partial charge on any atom is 0.146 e. The SMILES string of the molecule is O.OCl.[AlH2]. The highest BCUT2D eigenvalue weighted by Gasteiger charge is 0.897. The Morgan fingerprint density at radius 2 is 1.25 bits per heavy atom. The molecular weight excluding hydrogens is 94.4 g/mol. The van der Waals surface area contributed by atoms with E-state index in [1.165, 1.54) is 0 Å². The monoisotopic (exact) mass is 99.0 g/mol. The number of hydrogen-bond acceptors (Lipinski definition) is 1. The summed E-state index contributed by atoms with van der Waals surface area (Å²) < 4.78 is 6.47. The fourth-order valence-electron chi connectivity index (χ4n) is 0. The second kappa shape index (κ2) is 51.1. The molecule has 0 aliphatic carbocycles. The van der Waals surface area contributed by atoms with Gasteiger partial charge in [-0.2, -0.15) is 0 Å². The average Bonchev–Trinajstić information content (AvgIpc) is 1.00. The van der Waals surface area contributed by atoms with Crippen LogP contribution < -0.4 is 0 Å². The molecule has 0 fully saturated rings. The van der Waals surface area contributed by atoms with E-state index < -0.39 is 0 Å². The lowest BCUT2D eigenvalue weighted by Gasteiger charge is -1.13. The maximum atomic E-state index is 6.47. The van der Waals surface area contributed by atoms with Crippen LogP contribution in [0.4, 0.5) is 0 Å². The highest BCUT2D eigenvalue weighted by atomic mass is 35.5. The van der Waals surface area contributed by atoms with Crippen LogP contribution in [0.25, 0.3) is 0 Å². The van der Waals surface area contributed by atoms with Crippen LogP contribution in [0.3, 0.4) is 0 Å². The summed E-state index contributed by atoms with van der Waals surface area (Å²) in [6, 6.07) is 0.